The molecule has 1 saturated carbocycles. The standard InChI is InChI=1S/C11H19N5O2S/c1-3-12-11(2,9(17)18)6-7-19-10-13-14-15-16(10)8-4-5-8/h8,12H,3-7H2,1-2H3,(H,17,18). The molecule has 2 N–H and O–H groups in total. The normalized spacial score (nSPS) is 18.2. The summed E-state index contributed by atoms with van der Waals surface area (Å²) >= 11 is 1.52. The van der Waals surface area contributed by atoms with Crippen LogP contribution in [0.25, 0.3) is 0 Å². The molecule has 0 aromatic carbocycles. The van der Waals surface area contributed by atoms with Crippen LogP contribution in [0.15, 0.2) is 5.16 Å². The first-order valence-electron chi connectivity index (χ1n) is 6.46. The number of hydrogen-bond donors (Lipinski definition) is 2. The van der Waals surface area contributed by atoms with Gasteiger partial charge in [0.1, 0.15) is 5.54 Å². The van der Waals surface area contributed by atoms with Crippen molar-refractivity contribution in [2.45, 2.75) is 49.8 Å². The second kappa shape index (κ2) is 5.87. The number of carboxylic acids is 1. The van der Waals surface area contributed by atoms with Gasteiger partial charge in [0.15, 0.2) is 0 Å². The highest BCUT2D eigenvalue weighted by Crippen LogP contribution is 2.36. The number of carbonyl (C=O) groups is 1. The fourth-order valence-electron chi connectivity index (χ4n) is 1.84. The number of likely N-dealkylation sites (N-methyl/N-ethyl adjacent to an activating group) is 1. The molecule has 1 aromatic heterocycles. The van der Waals surface area contributed by atoms with E-state index in [1.54, 1.807) is 6.92 Å². The van der Waals surface area contributed by atoms with E-state index in [9.17, 15) is 9.90 Å². The second-order valence-electron chi connectivity index (χ2n) is 4.90. The van der Waals surface area contributed by atoms with Crippen molar-refractivity contribution in [3.05, 3.63) is 0 Å². The molecule has 8 heteroatoms. The third kappa shape index (κ3) is 3.44. The maximum atomic E-state index is 11.3. The summed E-state index contributed by atoms with van der Waals surface area (Å²) in [5, 5.41) is 24.7. The lowest BCUT2D eigenvalue weighted by Gasteiger charge is -2.25. The van der Waals surface area contributed by atoms with Crippen LogP contribution >= 0.6 is 11.8 Å². The molecule has 0 amide bonds. The molecule has 106 valence electrons. The zero-order chi connectivity index (χ0) is 13.9. The van der Waals surface area contributed by atoms with Crippen molar-refractivity contribution < 1.29 is 9.90 Å². The van der Waals surface area contributed by atoms with E-state index >= 15 is 0 Å². The number of thioether (sulfide) groups is 1. The fraction of sp³-hybridized carbons (Fsp3) is 0.818. The highest BCUT2D eigenvalue weighted by molar-refractivity contribution is 7.99. The first-order valence-corrected chi connectivity index (χ1v) is 7.44. The number of rotatable bonds is 8. The van der Waals surface area contributed by atoms with Gasteiger partial charge >= 0.3 is 5.97 Å². The Morgan fingerprint density at radius 3 is 2.95 bits per heavy atom. The molecule has 0 radical (unpaired) electrons. The van der Waals surface area contributed by atoms with Gasteiger partial charge in [0.2, 0.25) is 5.16 Å². The molecule has 1 aliphatic rings. The van der Waals surface area contributed by atoms with Crippen LogP contribution in [-0.2, 0) is 4.79 Å². The number of tetrazole rings is 1. The van der Waals surface area contributed by atoms with E-state index in [1.165, 1.54) is 11.8 Å². The van der Waals surface area contributed by atoms with Gasteiger partial charge in [-0.1, -0.05) is 18.7 Å². The van der Waals surface area contributed by atoms with Crippen molar-refractivity contribution in [3.63, 3.8) is 0 Å². The minimum absolute atomic E-state index is 0.442. The number of hydrogen-bond acceptors (Lipinski definition) is 6. The van der Waals surface area contributed by atoms with E-state index in [0.717, 1.165) is 18.0 Å². The molecule has 1 unspecified atom stereocenters. The van der Waals surface area contributed by atoms with Gasteiger partial charge in [0, 0.05) is 5.75 Å². The molecular formula is C11H19N5O2S. The Hall–Kier alpha value is -1.15. The van der Waals surface area contributed by atoms with E-state index < -0.39 is 11.5 Å². The minimum Gasteiger partial charge on any atom is -0.480 e. The van der Waals surface area contributed by atoms with Crippen LogP contribution in [-0.4, -0.2) is 49.1 Å². The van der Waals surface area contributed by atoms with Crippen molar-refractivity contribution >= 4 is 17.7 Å². The van der Waals surface area contributed by atoms with E-state index in [4.69, 9.17) is 0 Å². The Balaban J connectivity index is 1.87. The molecule has 0 saturated heterocycles. The lowest BCUT2D eigenvalue weighted by Crippen LogP contribution is -2.49. The molecule has 1 fully saturated rings. The van der Waals surface area contributed by atoms with Gasteiger partial charge in [-0.2, -0.15) is 0 Å². The smallest absolute Gasteiger partial charge is 0.323 e. The first kappa shape index (κ1) is 14.3. The number of aromatic nitrogens is 4. The van der Waals surface area contributed by atoms with Crippen molar-refractivity contribution in [3.8, 4) is 0 Å². The second-order valence-corrected chi connectivity index (χ2v) is 5.97. The molecule has 0 spiro atoms. The van der Waals surface area contributed by atoms with Crippen LogP contribution in [0.3, 0.4) is 0 Å². The molecule has 1 heterocycles. The summed E-state index contributed by atoms with van der Waals surface area (Å²) in [5.41, 5.74) is -0.889. The van der Waals surface area contributed by atoms with Crippen LogP contribution in [0.2, 0.25) is 0 Å². The Morgan fingerprint density at radius 1 is 1.63 bits per heavy atom. The summed E-state index contributed by atoms with van der Waals surface area (Å²) in [4.78, 5) is 11.3. The van der Waals surface area contributed by atoms with Crippen molar-refractivity contribution in [2.24, 2.45) is 0 Å². The van der Waals surface area contributed by atoms with Crippen molar-refractivity contribution in [2.75, 3.05) is 12.3 Å². The maximum Gasteiger partial charge on any atom is 0.323 e. The molecular weight excluding hydrogens is 266 g/mol. The summed E-state index contributed by atoms with van der Waals surface area (Å²) < 4.78 is 1.84. The highest BCUT2D eigenvalue weighted by Gasteiger charge is 2.32. The van der Waals surface area contributed by atoms with Crippen molar-refractivity contribution in [1.82, 2.24) is 25.5 Å². The first-order chi connectivity index (χ1) is 9.07. The quantitative estimate of drug-likeness (QED) is 0.687. The van der Waals surface area contributed by atoms with Crippen molar-refractivity contribution in [1.29, 1.82) is 0 Å². The van der Waals surface area contributed by atoms with E-state index in [1.807, 2.05) is 11.6 Å². The maximum absolute atomic E-state index is 11.3. The lowest BCUT2D eigenvalue weighted by molar-refractivity contribution is -0.144. The topological polar surface area (TPSA) is 92.9 Å². The predicted octanol–water partition coefficient (Wildman–Crippen LogP) is 0.943. The molecule has 1 atom stereocenters. The van der Waals surface area contributed by atoms with Gasteiger partial charge in [-0.15, -0.1) is 5.10 Å². The summed E-state index contributed by atoms with van der Waals surface area (Å²) in [6, 6.07) is 0.442. The van der Waals surface area contributed by atoms with Crippen LogP contribution in [0.5, 0.6) is 0 Å². The molecule has 7 nitrogen and oxygen atoms in total. The van der Waals surface area contributed by atoms with Gasteiger partial charge in [0.05, 0.1) is 6.04 Å². The molecule has 0 aliphatic heterocycles. The van der Waals surface area contributed by atoms with Gasteiger partial charge in [0.25, 0.3) is 0 Å². The lowest BCUT2D eigenvalue weighted by atomic mass is 9.99. The largest absolute Gasteiger partial charge is 0.480 e. The van der Waals surface area contributed by atoms with E-state index in [-0.39, 0.29) is 0 Å². The summed E-state index contributed by atoms with van der Waals surface area (Å²) in [6.07, 6.45) is 2.78. The molecule has 1 aromatic rings. The number of nitrogens with zero attached hydrogens (tertiary/aromatic N) is 4. The third-order valence-electron chi connectivity index (χ3n) is 3.23. The molecule has 1 aliphatic carbocycles. The molecule has 19 heavy (non-hydrogen) atoms. The molecule has 0 bridgehead atoms. The molecule has 2 rings (SSSR count). The Morgan fingerprint density at radius 2 is 2.37 bits per heavy atom. The Labute approximate surface area is 116 Å². The minimum atomic E-state index is -0.889. The van der Waals surface area contributed by atoms with E-state index in [0.29, 0.717) is 24.8 Å². The van der Waals surface area contributed by atoms with Crippen LogP contribution in [0, 0.1) is 0 Å². The average Bonchev–Trinajstić information content (AvgIpc) is 3.10. The van der Waals surface area contributed by atoms with E-state index in [2.05, 4.69) is 20.8 Å². The Kier molecular flexibility index (Phi) is 4.41. The van der Waals surface area contributed by atoms with Gasteiger partial charge in [-0.3, -0.25) is 4.79 Å². The fourth-order valence-corrected chi connectivity index (χ4v) is 2.94. The third-order valence-corrected chi connectivity index (χ3v) is 4.16. The van der Waals surface area contributed by atoms with Gasteiger partial charge < -0.3 is 10.4 Å². The zero-order valence-corrected chi connectivity index (χ0v) is 12.0. The van der Waals surface area contributed by atoms with Gasteiger partial charge in [-0.25, -0.2) is 4.68 Å². The van der Waals surface area contributed by atoms with Crippen LogP contribution in [0.1, 0.15) is 39.2 Å². The van der Waals surface area contributed by atoms with Gasteiger partial charge in [-0.05, 0) is 43.2 Å². The van der Waals surface area contributed by atoms with Crippen LogP contribution in [0.4, 0.5) is 0 Å². The zero-order valence-electron chi connectivity index (χ0n) is 11.2. The summed E-state index contributed by atoms with van der Waals surface area (Å²) in [7, 11) is 0. The summed E-state index contributed by atoms with van der Waals surface area (Å²) in [6.45, 7) is 4.25. The monoisotopic (exact) mass is 285 g/mol. The number of aliphatic carboxylic acids is 1. The number of nitrogens with one attached hydrogen (secondary N) is 1. The SMILES string of the molecule is CCNC(C)(CCSc1nnnn1C1CC1)C(=O)O. The highest BCUT2D eigenvalue weighted by atomic mass is 32.2. The predicted molar refractivity (Wildman–Crippen MR) is 71.1 cm³/mol. The number of carboxylic acid groups (broad SMARTS) is 1. The Bertz CT molecular complexity index is 448. The summed E-state index contributed by atoms with van der Waals surface area (Å²) in [5.74, 6) is -0.153. The van der Waals surface area contributed by atoms with Crippen LogP contribution < -0.4 is 5.32 Å². The average molecular weight is 285 g/mol.